The molecular formula is C20H18N3O3-. The molecule has 0 radical (unpaired) electrons. The zero-order valence-corrected chi connectivity index (χ0v) is 14.5. The largest absolute Gasteiger partial charge is 0.545 e. The molecule has 0 aliphatic rings. The number of aromatic carboxylic acids is 1. The third-order valence-electron chi connectivity index (χ3n) is 4.07. The van der Waals surface area contributed by atoms with Crippen molar-refractivity contribution in [3.63, 3.8) is 0 Å². The molecule has 3 aromatic rings. The van der Waals surface area contributed by atoms with Gasteiger partial charge in [-0.1, -0.05) is 30.8 Å². The Morgan fingerprint density at radius 1 is 1.19 bits per heavy atom. The highest BCUT2D eigenvalue weighted by Crippen LogP contribution is 2.12. The molecule has 0 saturated carbocycles. The summed E-state index contributed by atoms with van der Waals surface area (Å²) in [5, 5.41) is 14.8. The molecule has 0 atom stereocenters. The monoisotopic (exact) mass is 348 g/mol. The fraction of sp³-hybridized carbons (Fsp3) is 0.100. The summed E-state index contributed by atoms with van der Waals surface area (Å²) in [5.41, 5.74) is 2.03. The van der Waals surface area contributed by atoms with Crippen LogP contribution in [-0.2, 0) is 0 Å². The molecule has 6 nitrogen and oxygen atoms in total. The number of hydrogen-bond donors (Lipinski definition) is 1. The second-order valence-corrected chi connectivity index (χ2v) is 6.11. The van der Waals surface area contributed by atoms with Gasteiger partial charge in [-0.15, -0.1) is 0 Å². The van der Waals surface area contributed by atoms with Crippen molar-refractivity contribution < 1.29 is 9.90 Å². The van der Waals surface area contributed by atoms with Gasteiger partial charge in [0.05, 0.1) is 22.2 Å². The molecule has 3 rings (SSSR count). The van der Waals surface area contributed by atoms with Gasteiger partial charge in [-0.05, 0) is 41.5 Å². The molecule has 0 bridgehead atoms. The molecule has 26 heavy (non-hydrogen) atoms. The summed E-state index contributed by atoms with van der Waals surface area (Å²) in [6, 6.07) is 13.7. The van der Waals surface area contributed by atoms with Gasteiger partial charge in [0.2, 0.25) is 0 Å². The van der Waals surface area contributed by atoms with Crippen molar-refractivity contribution in [3.05, 3.63) is 80.6 Å². The Morgan fingerprint density at radius 3 is 2.50 bits per heavy atom. The number of aromatic amines is 1. The maximum Gasteiger partial charge on any atom is 0.279 e. The maximum atomic E-state index is 12.7. The summed E-state index contributed by atoms with van der Waals surface area (Å²) in [6.45, 7) is 3.88. The molecule has 0 saturated heterocycles. The predicted octanol–water partition coefficient (Wildman–Crippen LogP) is -0.166. The van der Waals surface area contributed by atoms with Crippen LogP contribution in [0.2, 0.25) is 0 Å². The van der Waals surface area contributed by atoms with E-state index in [4.69, 9.17) is 0 Å². The smallest absolute Gasteiger partial charge is 0.279 e. The molecule has 0 aliphatic carbocycles. The number of rotatable bonds is 4. The normalized spacial score (nSPS) is 11.5. The first-order valence-corrected chi connectivity index (χ1v) is 7.97. The molecule has 0 aliphatic heterocycles. The molecule has 0 unspecified atom stereocenters. The number of nitrogens with zero attached hydrogens (tertiary/aromatic N) is 2. The van der Waals surface area contributed by atoms with E-state index in [9.17, 15) is 14.7 Å². The number of benzene rings is 2. The summed E-state index contributed by atoms with van der Waals surface area (Å²) in [5.74, 6) is -1.30. The van der Waals surface area contributed by atoms with Crippen LogP contribution in [0.5, 0.6) is 0 Å². The highest BCUT2D eigenvalue weighted by Gasteiger charge is 2.06. The van der Waals surface area contributed by atoms with Gasteiger partial charge in [-0.2, -0.15) is 0 Å². The molecule has 0 amide bonds. The van der Waals surface area contributed by atoms with E-state index in [0.717, 1.165) is 11.3 Å². The van der Waals surface area contributed by atoms with Gasteiger partial charge in [-0.25, -0.2) is 4.68 Å². The van der Waals surface area contributed by atoms with Crippen molar-refractivity contribution in [2.24, 2.45) is 0 Å². The average Bonchev–Trinajstić information content (AvgIpc) is 2.90. The SMILES string of the molecule is C=c1[nH]n(-c2cccc(C(=O)[O-])c2)c(=O)/c1=C\c1ccc(N(C)C)cc1. The van der Waals surface area contributed by atoms with Crippen LogP contribution >= 0.6 is 0 Å². The number of carboxylic acids is 1. The van der Waals surface area contributed by atoms with Crippen LogP contribution in [0.3, 0.4) is 0 Å². The lowest BCUT2D eigenvalue weighted by atomic mass is 10.1. The molecule has 6 heteroatoms. The average molecular weight is 348 g/mol. The van der Waals surface area contributed by atoms with Crippen molar-refractivity contribution in [2.75, 3.05) is 19.0 Å². The number of aromatic nitrogens is 2. The predicted molar refractivity (Wildman–Crippen MR) is 99.8 cm³/mol. The minimum atomic E-state index is -1.30. The first-order chi connectivity index (χ1) is 12.4. The van der Waals surface area contributed by atoms with Crippen molar-refractivity contribution in [3.8, 4) is 5.69 Å². The highest BCUT2D eigenvalue weighted by atomic mass is 16.4. The number of carbonyl (C=O) groups excluding carboxylic acids is 1. The Bertz CT molecular complexity index is 1120. The Kier molecular flexibility index (Phi) is 4.49. The van der Waals surface area contributed by atoms with Gasteiger partial charge >= 0.3 is 0 Å². The summed E-state index contributed by atoms with van der Waals surface area (Å²) >= 11 is 0. The Morgan fingerprint density at radius 2 is 1.88 bits per heavy atom. The fourth-order valence-electron chi connectivity index (χ4n) is 2.63. The highest BCUT2D eigenvalue weighted by molar-refractivity contribution is 5.86. The van der Waals surface area contributed by atoms with E-state index in [1.54, 1.807) is 18.2 Å². The van der Waals surface area contributed by atoms with Crippen molar-refractivity contribution in [1.29, 1.82) is 0 Å². The number of hydrogen-bond acceptors (Lipinski definition) is 4. The Labute approximate surface area is 149 Å². The fourth-order valence-corrected chi connectivity index (χ4v) is 2.63. The van der Waals surface area contributed by atoms with Gasteiger partial charge in [0, 0.05) is 19.8 Å². The zero-order valence-electron chi connectivity index (χ0n) is 14.5. The number of H-pyrrole nitrogens is 1. The summed E-state index contributed by atoms with van der Waals surface area (Å²) < 4.78 is 1.27. The molecule has 132 valence electrons. The molecule has 1 N–H and O–H groups in total. The molecule has 1 aromatic heterocycles. The van der Waals surface area contributed by atoms with Crippen LogP contribution in [0.1, 0.15) is 15.9 Å². The van der Waals surface area contributed by atoms with E-state index in [-0.39, 0.29) is 11.1 Å². The molecule has 0 spiro atoms. The van der Waals surface area contributed by atoms with Crippen molar-refractivity contribution in [2.45, 2.75) is 0 Å². The Hall–Kier alpha value is -3.54. The molecule has 1 heterocycles. The third kappa shape index (κ3) is 3.30. The number of nitrogens with one attached hydrogen (secondary N) is 1. The topological polar surface area (TPSA) is 81.2 Å². The van der Waals surface area contributed by atoms with Crippen LogP contribution in [0.4, 0.5) is 5.69 Å². The summed E-state index contributed by atoms with van der Waals surface area (Å²) in [4.78, 5) is 25.8. The maximum absolute atomic E-state index is 12.7. The van der Waals surface area contributed by atoms with Gasteiger partial charge in [-0.3, -0.25) is 9.89 Å². The van der Waals surface area contributed by atoms with Crippen LogP contribution in [0.15, 0.2) is 53.3 Å². The molecule has 2 aromatic carbocycles. The third-order valence-corrected chi connectivity index (χ3v) is 4.07. The number of carboxylic acid groups (broad SMARTS) is 1. The van der Waals surface area contributed by atoms with E-state index >= 15 is 0 Å². The van der Waals surface area contributed by atoms with E-state index in [1.807, 2.05) is 43.3 Å². The van der Waals surface area contributed by atoms with Gasteiger partial charge in [0.1, 0.15) is 0 Å². The molecular weight excluding hydrogens is 330 g/mol. The van der Waals surface area contributed by atoms with Crippen LogP contribution in [-0.4, -0.2) is 29.8 Å². The first-order valence-electron chi connectivity index (χ1n) is 7.97. The van der Waals surface area contributed by atoms with Gasteiger partial charge in [0.25, 0.3) is 5.56 Å². The van der Waals surface area contributed by atoms with Crippen LogP contribution in [0, 0.1) is 0 Å². The van der Waals surface area contributed by atoms with Gasteiger partial charge in [0.15, 0.2) is 0 Å². The van der Waals surface area contributed by atoms with Gasteiger partial charge < -0.3 is 14.8 Å². The lowest BCUT2D eigenvalue weighted by Gasteiger charge is -2.11. The standard InChI is InChI=1S/C20H19N3O3/c1-13-18(11-14-7-9-16(10-8-14)22(2)3)19(24)23(21-13)17-6-4-5-15(12-17)20(25)26/h4-12,21H,1H2,2-3H3,(H,25,26)/p-1/b18-11-. The van der Waals surface area contributed by atoms with E-state index in [1.165, 1.54) is 16.8 Å². The molecule has 0 fully saturated rings. The summed E-state index contributed by atoms with van der Waals surface area (Å²) in [7, 11) is 3.91. The summed E-state index contributed by atoms with van der Waals surface area (Å²) in [6.07, 6.45) is 1.75. The minimum Gasteiger partial charge on any atom is -0.545 e. The second-order valence-electron chi connectivity index (χ2n) is 6.11. The van der Waals surface area contributed by atoms with Crippen LogP contribution in [0.25, 0.3) is 18.3 Å². The quantitative estimate of drug-likeness (QED) is 0.710. The number of anilines is 1. The van der Waals surface area contributed by atoms with Crippen molar-refractivity contribution in [1.82, 2.24) is 9.78 Å². The van der Waals surface area contributed by atoms with E-state index < -0.39 is 5.97 Å². The van der Waals surface area contributed by atoms with Crippen LogP contribution < -0.4 is 26.1 Å². The lowest BCUT2D eigenvalue weighted by molar-refractivity contribution is -0.255. The second kappa shape index (κ2) is 6.76. The number of carbonyl (C=O) groups is 1. The van der Waals surface area contributed by atoms with Crippen molar-refractivity contribution >= 4 is 24.3 Å². The first kappa shape index (κ1) is 17.3. The Balaban J connectivity index is 2.09. The van der Waals surface area contributed by atoms with E-state index in [2.05, 4.69) is 11.7 Å². The zero-order chi connectivity index (χ0) is 18.8. The minimum absolute atomic E-state index is 0.000541. The lowest BCUT2D eigenvalue weighted by Crippen LogP contribution is -2.34. The van der Waals surface area contributed by atoms with E-state index in [0.29, 0.717) is 16.3 Å².